The van der Waals surface area contributed by atoms with E-state index in [1.54, 1.807) is 13.0 Å². The third-order valence-corrected chi connectivity index (χ3v) is 3.35. The SMILES string of the molecule is CC(=CC(C)(N)C1CCCCC1)C(=O)O. The quantitative estimate of drug-likeness (QED) is 0.704. The largest absolute Gasteiger partial charge is 0.478 e. The van der Waals surface area contributed by atoms with E-state index < -0.39 is 11.5 Å². The summed E-state index contributed by atoms with van der Waals surface area (Å²) < 4.78 is 0. The van der Waals surface area contributed by atoms with E-state index in [1.165, 1.54) is 19.3 Å². The van der Waals surface area contributed by atoms with Gasteiger partial charge in [0.05, 0.1) is 0 Å². The van der Waals surface area contributed by atoms with Crippen LogP contribution in [0.1, 0.15) is 46.0 Å². The molecule has 1 unspecified atom stereocenters. The van der Waals surface area contributed by atoms with Gasteiger partial charge in [-0.05, 0) is 32.6 Å². The number of nitrogens with two attached hydrogens (primary N) is 1. The maximum Gasteiger partial charge on any atom is 0.331 e. The first-order valence-corrected chi connectivity index (χ1v) is 5.65. The Morgan fingerprint density at radius 1 is 1.40 bits per heavy atom. The molecule has 1 fully saturated rings. The number of carbonyl (C=O) groups is 1. The molecule has 1 rings (SSSR count). The molecular weight excluding hydrogens is 190 g/mol. The Morgan fingerprint density at radius 3 is 2.40 bits per heavy atom. The molecular formula is C12H21NO2. The topological polar surface area (TPSA) is 63.3 Å². The summed E-state index contributed by atoms with van der Waals surface area (Å²) in [4.78, 5) is 10.7. The number of hydrogen-bond donors (Lipinski definition) is 2. The predicted molar refractivity (Wildman–Crippen MR) is 60.6 cm³/mol. The van der Waals surface area contributed by atoms with E-state index >= 15 is 0 Å². The van der Waals surface area contributed by atoms with Crippen molar-refractivity contribution in [2.24, 2.45) is 11.7 Å². The Bertz CT molecular complexity index is 263. The van der Waals surface area contributed by atoms with Crippen molar-refractivity contribution < 1.29 is 9.90 Å². The van der Waals surface area contributed by atoms with E-state index in [4.69, 9.17) is 10.8 Å². The van der Waals surface area contributed by atoms with Crippen LogP contribution in [0.2, 0.25) is 0 Å². The predicted octanol–water partition coefficient (Wildman–Crippen LogP) is 2.31. The molecule has 3 heteroatoms. The van der Waals surface area contributed by atoms with Gasteiger partial charge in [-0.15, -0.1) is 0 Å². The molecule has 0 aromatic carbocycles. The Hall–Kier alpha value is -0.830. The van der Waals surface area contributed by atoms with Crippen LogP contribution in [-0.4, -0.2) is 16.6 Å². The lowest BCUT2D eigenvalue weighted by molar-refractivity contribution is -0.132. The molecule has 0 spiro atoms. The first-order chi connectivity index (χ1) is 6.93. The molecule has 0 aromatic rings. The summed E-state index contributed by atoms with van der Waals surface area (Å²) in [6.07, 6.45) is 7.68. The van der Waals surface area contributed by atoms with Gasteiger partial charge in [-0.25, -0.2) is 4.79 Å². The van der Waals surface area contributed by atoms with Gasteiger partial charge in [0.25, 0.3) is 0 Å². The fraction of sp³-hybridized carbons (Fsp3) is 0.750. The molecule has 3 nitrogen and oxygen atoms in total. The fourth-order valence-corrected chi connectivity index (χ4v) is 2.37. The average molecular weight is 211 g/mol. The van der Waals surface area contributed by atoms with Crippen LogP contribution in [-0.2, 0) is 4.79 Å². The summed E-state index contributed by atoms with van der Waals surface area (Å²) in [6, 6.07) is 0. The maximum absolute atomic E-state index is 10.7. The summed E-state index contributed by atoms with van der Waals surface area (Å²) in [5.74, 6) is -0.442. The number of carboxylic acid groups (broad SMARTS) is 1. The van der Waals surface area contributed by atoms with Crippen LogP contribution in [0.15, 0.2) is 11.6 Å². The minimum absolute atomic E-state index is 0.352. The standard InChI is InChI=1S/C12H21NO2/c1-9(11(14)15)8-12(2,13)10-6-4-3-5-7-10/h8,10H,3-7,13H2,1-2H3,(H,14,15). The molecule has 15 heavy (non-hydrogen) atoms. The van der Waals surface area contributed by atoms with Crippen LogP contribution >= 0.6 is 0 Å². The molecule has 1 saturated carbocycles. The first-order valence-electron chi connectivity index (χ1n) is 5.65. The van der Waals surface area contributed by atoms with E-state index in [2.05, 4.69) is 0 Å². The number of rotatable bonds is 3. The van der Waals surface area contributed by atoms with E-state index in [0.29, 0.717) is 11.5 Å². The second-order valence-corrected chi connectivity index (χ2v) is 4.83. The fourth-order valence-electron chi connectivity index (χ4n) is 2.37. The van der Waals surface area contributed by atoms with Gasteiger partial charge >= 0.3 is 5.97 Å². The average Bonchev–Trinajstić information content (AvgIpc) is 2.18. The zero-order valence-electron chi connectivity index (χ0n) is 9.62. The van der Waals surface area contributed by atoms with Gasteiger partial charge in [0.1, 0.15) is 0 Å². The Kier molecular flexibility index (Phi) is 3.91. The molecule has 86 valence electrons. The van der Waals surface area contributed by atoms with Gasteiger partial charge in [-0.2, -0.15) is 0 Å². The summed E-state index contributed by atoms with van der Waals surface area (Å²) in [7, 11) is 0. The zero-order valence-corrected chi connectivity index (χ0v) is 9.62. The van der Waals surface area contributed by atoms with Crippen LogP contribution in [0, 0.1) is 5.92 Å². The molecule has 0 saturated heterocycles. The second-order valence-electron chi connectivity index (χ2n) is 4.83. The van der Waals surface area contributed by atoms with Crippen molar-refractivity contribution in [3.8, 4) is 0 Å². The summed E-state index contributed by atoms with van der Waals surface area (Å²) in [6.45, 7) is 3.55. The lowest BCUT2D eigenvalue weighted by Gasteiger charge is -2.34. The monoisotopic (exact) mass is 211 g/mol. The van der Waals surface area contributed by atoms with Gasteiger partial charge in [0.15, 0.2) is 0 Å². The third-order valence-electron chi connectivity index (χ3n) is 3.35. The molecule has 3 N–H and O–H groups in total. The number of aliphatic carboxylic acids is 1. The first kappa shape index (κ1) is 12.2. The van der Waals surface area contributed by atoms with Crippen molar-refractivity contribution in [3.05, 3.63) is 11.6 Å². The summed E-state index contributed by atoms with van der Waals surface area (Å²) >= 11 is 0. The van der Waals surface area contributed by atoms with E-state index in [9.17, 15) is 4.79 Å². The molecule has 0 bridgehead atoms. The van der Waals surface area contributed by atoms with Gasteiger partial charge in [0.2, 0.25) is 0 Å². The number of hydrogen-bond acceptors (Lipinski definition) is 2. The van der Waals surface area contributed by atoms with Crippen molar-refractivity contribution in [3.63, 3.8) is 0 Å². The highest BCUT2D eigenvalue weighted by Gasteiger charge is 2.29. The van der Waals surface area contributed by atoms with Crippen molar-refractivity contribution in [2.75, 3.05) is 0 Å². The van der Waals surface area contributed by atoms with E-state index in [1.807, 2.05) is 6.92 Å². The summed E-state index contributed by atoms with van der Waals surface area (Å²) in [5, 5.41) is 8.82. The normalized spacial score (nSPS) is 23.5. The van der Waals surface area contributed by atoms with Crippen LogP contribution in [0.4, 0.5) is 0 Å². The highest BCUT2D eigenvalue weighted by molar-refractivity contribution is 5.86. The molecule has 0 aliphatic heterocycles. The van der Waals surface area contributed by atoms with Gasteiger partial charge in [-0.1, -0.05) is 25.3 Å². The van der Waals surface area contributed by atoms with E-state index in [0.717, 1.165) is 12.8 Å². The molecule has 1 atom stereocenters. The van der Waals surface area contributed by atoms with Gasteiger partial charge in [-0.3, -0.25) is 0 Å². The van der Waals surface area contributed by atoms with Crippen molar-refractivity contribution >= 4 is 5.97 Å². The lowest BCUT2D eigenvalue weighted by atomic mass is 9.75. The van der Waals surface area contributed by atoms with E-state index in [-0.39, 0.29) is 0 Å². The van der Waals surface area contributed by atoms with Crippen LogP contribution in [0.3, 0.4) is 0 Å². The van der Waals surface area contributed by atoms with Crippen molar-refractivity contribution in [1.82, 2.24) is 0 Å². The molecule has 0 aromatic heterocycles. The zero-order chi connectivity index (χ0) is 11.5. The Labute approximate surface area is 91.4 Å². The Balaban J connectivity index is 2.72. The van der Waals surface area contributed by atoms with Gasteiger partial charge < -0.3 is 10.8 Å². The number of carboxylic acids is 1. The van der Waals surface area contributed by atoms with Crippen LogP contribution < -0.4 is 5.73 Å². The third kappa shape index (κ3) is 3.34. The molecule has 1 aliphatic carbocycles. The molecule has 0 amide bonds. The lowest BCUT2D eigenvalue weighted by Crippen LogP contribution is -2.43. The minimum Gasteiger partial charge on any atom is -0.478 e. The highest BCUT2D eigenvalue weighted by atomic mass is 16.4. The Morgan fingerprint density at radius 2 is 1.93 bits per heavy atom. The van der Waals surface area contributed by atoms with Gasteiger partial charge in [0, 0.05) is 11.1 Å². The van der Waals surface area contributed by atoms with Crippen LogP contribution in [0.5, 0.6) is 0 Å². The van der Waals surface area contributed by atoms with Crippen LogP contribution in [0.25, 0.3) is 0 Å². The maximum atomic E-state index is 10.7. The molecule has 0 heterocycles. The summed E-state index contributed by atoms with van der Waals surface area (Å²) in [5.41, 5.74) is 6.07. The van der Waals surface area contributed by atoms with Crippen molar-refractivity contribution in [1.29, 1.82) is 0 Å². The smallest absolute Gasteiger partial charge is 0.331 e. The second kappa shape index (κ2) is 4.79. The van der Waals surface area contributed by atoms with Crippen molar-refractivity contribution in [2.45, 2.75) is 51.5 Å². The minimum atomic E-state index is -0.873. The molecule has 0 radical (unpaired) electrons. The molecule has 1 aliphatic rings. The highest BCUT2D eigenvalue weighted by Crippen LogP contribution is 2.32.